The van der Waals surface area contributed by atoms with E-state index in [2.05, 4.69) is 5.32 Å². The van der Waals surface area contributed by atoms with E-state index >= 15 is 0 Å². The first kappa shape index (κ1) is 19.6. The third-order valence-electron chi connectivity index (χ3n) is 5.16. The summed E-state index contributed by atoms with van der Waals surface area (Å²) < 4.78 is 49.3. The van der Waals surface area contributed by atoms with Crippen LogP contribution < -0.4 is 5.32 Å². The molecule has 1 aliphatic heterocycles. The Bertz CT molecular complexity index is 569. The molecule has 26 heavy (non-hydrogen) atoms. The first-order chi connectivity index (χ1) is 12.4. The van der Waals surface area contributed by atoms with Gasteiger partial charge < -0.3 is 19.9 Å². The zero-order valence-corrected chi connectivity index (χ0v) is 14.7. The van der Waals surface area contributed by atoms with Crippen molar-refractivity contribution in [2.24, 2.45) is 0 Å². The van der Waals surface area contributed by atoms with E-state index in [1.165, 1.54) is 12.1 Å². The van der Waals surface area contributed by atoms with Gasteiger partial charge in [-0.2, -0.15) is 13.2 Å². The summed E-state index contributed by atoms with van der Waals surface area (Å²) in [4.78, 5) is 0. The number of alkyl halides is 3. The molecule has 0 bridgehead atoms. The number of halogens is 3. The summed E-state index contributed by atoms with van der Waals surface area (Å²) in [5, 5.41) is 13.3. The lowest BCUT2D eigenvalue weighted by atomic mass is 9.75. The highest BCUT2D eigenvalue weighted by atomic mass is 19.4. The summed E-state index contributed by atoms with van der Waals surface area (Å²) in [6, 6.07) is 5.81. The minimum absolute atomic E-state index is 0.144. The molecule has 1 aromatic rings. The lowest BCUT2D eigenvalue weighted by Gasteiger charge is -2.37. The molecule has 0 radical (unpaired) electrons. The molecule has 7 heteroatoms. The number of aliphatic hydroxyl groups is 1. The molecule has 0 amide bonds. The van der Waals surface area contributed by atoms with Gasteiger partial charge >= 0.3 is 6.18 Å². The van der Waals surface area contributed by atoms with Crippen LogP contribution in [0.5, 0.6) is 0 Å². The van der Waals surface area contributed by atoms with Crippen LogP contribution in [0.3, 0.4) is 0 Å². The van der Waals surface area contributed by atoms with Crippen LogP contribution in [0.25, 0.3) is 0 Å². The molecule has 1 aromatic carbocycles. The molecular formula is C19H26F3NO3. The van der Waals surface area contributed by atoms with Gasteiger partial charge in [0.2, 0.25) is 0 Å². The smallest absolute Gasteiger partial charge is 0.389 e. The summed E-state index contributed by atoms with van der Waals surface area (Å²) >= 11 is 0. The zero-order valence-electron chi connectivity index (χ0n) is 14.7. The Balaban J connectivity index is 1.35. The molecule has 2 fully saturated rings. The van der Waals surface area contributed by atoms with E-state index in [1.807, 2.05) is 0 Å². The number of ether oxygens (including phenoxy) is 2. The largest absolute Gasteiger partial charge is 0.416 e. The molecule has 0 aromatic heterocycles. The average Bonchev–Trinajstić information content (AvgIpc) is 2.59. The number of benzene rings is 1. The van der Waals surface area contributed by atoms with Gasteiger partial charge in [0.15, 0.2) is 0 Å². The molecule has 2 aliphatic rings. The predicted octanol–water partition coefficient (Wildman–Crippen LogP) is 3.10. The van der Waals surface area contributed by atoms with Crippen molar-refractivity contribution in [1.82, 2.24) is 5.32 Å². The van der Waals surface area contributed by atoms with Gasteiger partial charge in [0.1, 0.15) is 0 Å². The SMILES string of the molecule is OC(CNC1CC(c2cccc(C(F)(F)F)c2)C1)COC1CCOCC1. The van der Waals surface area contributed by atoms with Crippen molar-refractivity contribution < 1.29 is 27.8 Å². The maximum atomic E-state index is 12.8. The fourth-order valence-corrected chi connectivity index (χ4v) is 3.48. The zero-order chi connectivity index (χ0) is 18.6. The molecule has 4 nitrogen and oxygen atoms in total. The number of rotatable bonds is 7. The first-order valence-corrected chi connectivity index (χ1v) is 9.20. The lowest BCUT2D eigenvalue weighted by molar-refractivity contribution is -0.137. The van der Waals surface area contributed by atoms with E-state index in [9.17, 15) is 18.3 Å². The molecule has 3 rings (SSSR count). The summed E-state index contributed by atoms with van der Waals surface area (Å²) in [5.41, 5.74) is 0.147. The van der Waals surface area contributed by atoms with Crippen LogP contribution in [0.15, 0.2) is 24.3 Å². The molecule has 1 heterocycles. The molecule has 1 unspecified atom stereocenters. The predicted molar refractivity (Wildman–Crippen MR) is 91.0 cm³/mol. The van der Waals surface area contributed by atoms with Crippen LogP contribution in [0, 0.1) is 0 Å². The molecule has 2 N–H and O–H groups in total. The van der Waals surface area contributed by atoms with E-state index in [0.29, 0.717) is 26.4 Å². The van der Waals surface area contributed by atoms with E-state index in [4.69, 9.17) is 9.47 Å². The number of hydrogen-bond acceptors (Lipinski definition) is 4. The monoisotopic (exact) mass is 373 g/mol. The summed E-state index contributed by atoms with van der Waals surface area (Å²) in [6.07, 6.45) is -1.42. The van der Waals surface area contributed by atoms with Gasteiger partial charge in [0.05, 0.1) is 24.4 Å². The maximum absolute atomic E-state index is 12.8. The number of aliphatic hydroxyl groups excluding tert-OH is 1. The number of hydrogen-bond donors (Lipinski definition) is 2. The Morgan fingerprint density at radius 1 is 1.23 bits per heavy atom. The lowest BCUT2D eigenvalue weighted by Crippen LogP contribution is -2.44. The van der Waals surface area contributed by atoms with E-state index in [-0.39, 0.29) is 18.1 Å². The average molecular weight is 373 g/mol. The second kappa shape index (κ2) is 8.69. The Hall–Kier alpha value is -1.15. The summed E-state index contributed by atoms with van der Waals surface area (Å²) in [6.45, 7) is 2.14. The topological polar surface area (TPSA) is 50.7 Å². The van der Waals surface area contributed by atoms with Crippen LogP contribution >= 0.6 is 0 Å². The Labute approximate surface area is 151 Å². The van der Waals surface area contributed by atoms with Crippen LogP contribution in [0.2, 0.25) is 0 Å². The quantitative estimate of drug-likeness (QED) is 0.771. The van der Waals surface area contributed by atoms with Crippen molar-refractivity contribution in [2.45, 2.75) is 56.0 Å². The van der Waals surface area contributed by atoms with E-state index in [0.717, 1.165) is 37.3 Å². The highest BCUT2D eigenvalue weighted by Crippen LogP contribution is 2.39. The van der Waals surface area contributed by atoms with Gasteiger partial charge in [0.25, 0.3) is 0 Å². The first-order valence-electron chi connectivity index (χ1n) is 9.20. The van der Waals surface area contributed by atoms with Crippen LogP contribution in [-0.4, -0.2) is 49.7 Å². The second-order valence-corrected chi connectivity index (χ2v) is 7.20. The molecular weight excluding hydrogens is 347 g/mol. The van der Waals surface area contributed by atoms with Crippen molar-refractivity contribution in [2.75, 3.05) is 26.4 Å². The fourth-order valence-electron chi connectivity index (χ4n) is 3.48. The van der Waals surface area contributed by atoms with Gasteiger partial charge in [-0.05, 0) is 43.2 Å². The van der Waals surface area contributed by atoms with Crippen molar-refractivity contribution in [1.29, 1.82) is 0 Å². The van der Waals surface area contributed by atoms with Crippen molar-refractivity contribution in [3.05, 3.63) is 35.4 Å². The number of nitrogens with one attached hydrogen (secondary N) is 1. The second-order valence-electron chi connectivity index (χ2n) is 7.20. The molecule has 1 saturated carbocycles. The minimum atomic E-state index is -4.30. The van der Waals surface area contributed by atoms with Crippen molar-refractivity contribution >= 4 is 0 Å². The van der Waals surface area contributed by atoms with E-state index < -0.39 is 17.8 Å². The third kappa shape index (κ3) is 5.42. The van der Waals surface area contributed by atoms with Crippen LogP contribution in [0.4, 0.5) is 13.2 Å². The van der Waals surface area contributed by atoms with Crippen LogP contribution in [-0.2, 0) is 15.7 Å². The highest BCUT2D eigenvalue weighted by Gasteiger charge is 2.34. The normalized spacial score (nSPS) is 25.7. The molecule has 146 valence electrons. The molecule has 1 aliphatic carbocycles. The summed E-state index contributed by atoms with van der Waals surface area (Å²) in [5.74, 6) is 0.144. The standard InChI is InChI=1S/C19H26F3NO3/c20-19(21,22)15-3-1-2-13(8-15)14-9-16(10-14)23-11-17(24)12-26-18-4-6-25-7-5-18/h1-3,8,14,16-18,23-24H,4-7,9-12H2. The van der Waals surface area contributed by atoms with Gasteiger partial charge in [-0.25, -0.2) is 0 Å². The third-order valence-corrected chi connectivity index (χ3v) is 5.16. The fraction of sp³-hybridized carbons (Fsp3) is 0.684. The Morgan fingerprint density at radius 3 is 2.65 bits per heavy atom. The summed E-state index contributed by atoms with van der Waals surface area (Å²) in [7, 11) is 0. The Morgan fingerprint density at radius 2 is 1.96 bits per heavy atom. The maximum Gasteiger partial charge on any atom is 0.416 e. The van der Waals surface area contributed by atoms with Crippen LogP contribution in [0.1, 0.15) is 42.7 Å². The van der Waals surface area contributed by atoms with Gasteiger partial charge in [-0.3, -0.25) is 0 Å². The molecule has 0 spiro atoms. The van der Waals surface area contributed by atoms with E-state index in [1.54, 1.807) is 6.07 Å². The van der Waals surface area contributed by atoms with Crippen molar-refractivity contribution in [3.63, 3.8) is 0 Å². The van der Waals surface area contributed by atoms with Gasteiger partial charge in [-0.1, -0.05) is 18.2 Å². The Kier molecular flexibility index (Phi) is 6.55. The van der Waals surface area contributed by atoms with Crippen molar-refractivity contribution in [3.8, 4) is 0 Å². The molecule has 1 saturated heterocycles. The van der Waals surface area contributed by atoms with Gasteiger partial charge in [-0.15, -0.1) is 0 Å². The molecule has 1 atom stereocenters. The van der Waals surface area contributed by atoms with Gasteiger partial charge in [0, 0.05) is 25.8 Å². The highest BCUT2D eigenvalue weighted by molar-refractivity contribution is 5.30. The minimum Gasteiger partial charge on any atom is -0.389 e.